The van der Waals surface area contributed by atoms with Crippen molar-refractivity contribution in [1.82, 2.24) is 0 Å². The second-order valence-electron chi connectivity index (χ2n) is 5.53. The molecule has 2 heterocycles. The molecule has 0 saturated carbocycles. The molecule has 0 aromatic heterocycles. The molecule has 2 aliphatic heterocycles. The van der Waals surface area contributed by atoms with Gasteiger partial charge in [-0.2, -0.15) is 0 Å². The van der Waals surface area contributed by atoms with E-state index in [-0.39, 0.29) is 0 Å². The van der Waals surface area contributed by atoms with Gasteiger partial charge in [-0.05, 0) is 0 Å². The summed E-state index contributed by atoms with van der Waals surface area (Å²) in [5.41, 5.74) is 0. The van der Waals surface area contributed by atoms with Crippen LogP contribution in [0.4, 0.5) is 0 Å². The first kappa shape index (κ1) is 18.9. The quantitative estimate of drug-likeness (QED) is 0.243. The molecule has 23 heavy (non-hydrogen) atoms. The highest BCUT2D eigenvalue weighted by atomic mass is 16.7. The van der Waals surface area contributed by atoms with Crippen molar-refractivity contribution in [2.45, 2.75) is 61.4 Å². The standard InChI is InChI=1S/C12H22O11/c13-1-3-5(15)6(16)9(19)12(22-3)23-10-4(2-14)21-11(20)8(18)7(10)17/h3-20H,1-2H2/t3?,4?,5-,6?,7?,8-,9-,10-,11-,12-/m1/s1. The minimum atomic E-state index is -1.74. The van der Waals surface area contributed by atoms with Crippen LogP contribution >= 0.6 is 0 Å². The van der Waals surface area contributed by atoms with Crippen LogP contribution in [0.5, 0.6) is 0 Å². The highest BCUT2D eigenvalue weighted by Crippen LogP contribution is 2.28. The third kappa shape index (κ3) is 3.65. The lowest BCUT2D eigenvalue weighted by Gasteiger charge is -2.45. The van der Waals surface area contributed by atoms with Crippen LogP contribution in [0.2, 0.25) is 0 Å². The Bertz CT molecular complexity index is 378. The molecule has 0 aromatic rings. The van der Waals surface area contributed by atoms with Crippen LogP contribution in [-0.4, -0.2) is 115 Å². The first-order valence-electron chi connectivity index (χ1n) is 7.08. The van der Waals surface area contributed by atoms with Crippen LogP contribution in [-0.2, 0) is 14.2 Å². The Balaban J connectivity index is 2.11. The van der Waals surface area contributed by atoms with Gasteiger partial charge in [0.25, 0.3) is 0 Å². The molecule has 10 atom stereocenters. The van der Waals surface area contributed by atoms with E-state index in [0.717, 1.165) is 0 Å². The third-order valence-electron chi connectivity index (χ3n) is 3.98. The highest BCUT2D eigenvalue weighted by molar-refractivity contribution is 4.93. The van der Waals surface area contributed by atoms with Crippen LogP contribution in [0.25, 0.3) is 0 Å². The van der Waals surface area contributed by atoms with Crippen molar-refractivity contribution < 1.29 is 55.1 Å². The number of hydrogen-bond donors (Lipinski definition) is 8. The van der Waals surface area contributed by atoms with Crippen molar-refractivity contribution in [3.8, 4) is 0 Å². The van der Waals surface area contributed by atoms with Gasteiger partial charge in [-0.3, -0.25) is 0 Å². The van der Waals surface area contributed by atoms with E-state index >= 15 is 0 Å². The zero-order valence-corrected chi connectivity index (χ0v) is 12.0. The van der Waals surface area contributed by atoms with Crippen molar-refractivity contribution in [2.24, 2.45) is 0 Å². The van der Waals surface area contributed by atoms with Crippen molar-refractivity contribution in [3.05, 3.63) is 0 Å². The average molecular weight is 342 g/mol. The maximum Gasteiger partial charge on any atom is 0.187 e. The minimum absolute atomic E-state index is 0.667. The smallest absolute Gasteiger partial charge is 0.187 e. The molecule has 0 aliphatic carbocycles. The minimum Gasteiger partial charge on any atom is -0.394 e. The Morgan fingerprint density at radius 2 is 1.26 bits per heavy atom. The molecule has 2 rings (SSSR count). The Kier molecular flexibility index (Phi) is 6.27. The maximum absolute atomic E-state index is 9.94. The molecule has 0 radical (unpaired) electrons. The molecule has 2 aliphatic rings. The van der Waals surface area contributed by atoms with E-state index in [9.17, 15) is 35.7 Å². The molecule has 0 aromatic carbocycles. The van der Waals surface area contributed by atoms with Crippen LogP contribution < -0.4 is 0 Å². The zero-order chi connectivity index (χ0) is 17.3. The largest absolute Gasteiger partial charge is 0.394 e. The van der Waals surface area contributed by atoms with Crippen LogP contribution in [0, 0.1) is 0 Å². The second kappa shape index (κ2) is 7.63. The fourth-order valence-electron chi connectivity index (χ4n) is 2.57. The summed E-state index contributed by atoms with van der Waals surface area (Å²) in [4.78, 5) is 0. The van der Waals surface area contributed by atoms with Gasteiger partial charge in [0.1, 0.15) is 48.8 Å². The molecule has 11 heteroatoms. The molecule has 0 amide bonds. The molecule has 2 fully saturated rings. The first-order chi connectivity index (χ1) is 10.8. The van der Waals surface area contributed by atoms with Crippen molar-refractivity contribution in [1.29, 1.82) is 0 Å². The summed E-state index contributed by atoms with van der Waals surface area (Å²) in [6, 6.07) is 0. The number of aliphatic hydroxyl groups excluding tert-OH is 8. The lowest BCUT2D eigenvalue weighted by atomic mass is 9.97. The summed E-state index contributed by atoms with van der Waals surface area (Å²) in [6.07, 6.45) is -15.6. The van der Waals surface area contributed by atoms with Gasteiger partial charge in [0.05, 0.1) is 13.2 Å². The molecule has 136 valence electrons. The van der Waals surface area contributed by atoms with Gasteiger partial charge in [-0.15, -0.1) is 0 Å². The molecule has 0 spiro atoms. The van der Waals surface area contributed by atoms with E-state index in [2.05, 4.69) is 0 Å². The van der Waals surface area contributed by atoms with Gasteiger partial charge in [0.2, 0.25) is 0 Å². The van der Waals surface area contributed by atoms with Gasteiger partial charge in [-0.25, -0.2) is 0 Å². The summed E-state index contributed by atoms with van der Waals surface area (Å²) < 4.78 is 15.3. The Hall–Kier alpha value is -0.440. The molecular weight excluding hydrogens is 320 g/mol. The topological polar surface area (TPSA) is 190 Å². The van der Waals surface area contributed by atoms with E-state index in [1.165, 1.54) is 0 Å². The molecule has 2 saturated heterocycles. The number of ether oxygens (including phenoxy) is 3. The summed E-state index contributed by atoms with van der Waals surface area (Å²) >= 11 is 0. The van der Waals surface area contributed by atoms with E-state index in [1.54, 1.807) is 0 Å². The number of rotatable bonds is 4. The number of hydrogen-bond acceptors (Lipinski definition) is 11. The van der Waals surface area contributed by atoms with Crippen molar-refractivity contribution in [3.63, 3.8) is 0 Å². The number of aliphatic hydroxyl groups is 8. The summed E-state index contributed by atoms with van der Waals surface area (Å²) in [5, 5.41) is 76.5. The average Bonchev–Trinajstić information content (AvgIpc) is 2.55. The lowest BCUT2D eigenvalue weighted by molar-refractivity contribution is -0.355. The Morgan fingerprint density at radius 3 is 1.83 bits per heavy atom. The van der Waals surface area contributed by atoms with Gasteiger partial charge >= 0.3 is 0 Å². The van der Waals surface area contributed by atoms with E-state index < -0.39 is 74.6 Å². The highest BCUT2D eigenvalue weighted by Gasteiger charge is 2.50. The molecule has 8 N–H and O–H groups in total. The Morgan fingerprint density at radius 1 is 0.652 bits per heavy atom. The fraction of sp³-hybridized carbons (Fsp3) is 1.00. The van der Waals surface area contributed by atoms with Gasteiger partial charge in [0.15, 0.2) is 12.6 Å². The summed E-state index contributed by atoms with van der Waals surface area (Å²) in [6.45, 7) is -1.35. The lowest BCUT2D eigenvalue weighted by Crippen LogP contribution is -2.64. The second-order valence-corrected chi connectivity index (χ2v) is 5.53. The van der Waals surface area contributed by atoms with E-state index in [4.69, 9.17) is 19.3 Å². The normalized spacial score (nSPS) is 51.7. The van der Waals surface area contributed by atoms with Gasteiger partial charge in [-0.1, -0.05) is 0 Å². The van der Waals surface area contributed by atoms with Gasteiger partial charge in [0, 0.05) is 0 Å². The monoisotopic (exact) mass is 342 g/mol. The SMILES string of the molecule is OCC1O[C@H](O[C@@H]2C(CO)O[C@@H](O)[C@H](O)C2O)[C@H](O)C(O)[C@@H]1O. The predicted molar refractivity (Wildman–Crippen MR) is 68.6 cm³/mol. The van der Waals surface area contributed by atoms with Crippen molar-refractivity contribution in [2.75, 3.05) is 13.2 Å². The fourth-order valence-corrected chi connectivity index (χ4v) is 2.57. The van der Waals surface area contributed by atoms with E-state index in [0.29, 0.717) is 0 Å². The Labute approximate surface area is 130 Å². The summed E-state index contributed by atoms with van der Waals surface area (Å²) in [5.74, 6) is 0. The predicted octanol–water partition coefficient (Wildman–Crippen LogP) is -5.40. The molecule has 4 unspecified atom stereocenters. The summed E-state index contributed by atoms with van der Waals surface area (Å²) in [7, 11) is 0. The molecule has 11 nitrogen and oxygen atoms in total. The van der Waals surface area contributed by atoms with Crippen molar-refractivity contribution >= 4 is 0 Å². The van der Waals surface area contributed by atoms with Crippen LogP contribution in [0.1, 0.15) is 0 Å². The van der Waals surface area contributed by atoms with Crippen LogP contribution in [0.15, 0.2) is 0 Å². The molecule has 0 bridgehead atoms. The first-order valence-corrected chi connectivity index (χ1v) is 7.08. The maximum atomic E-state index is 9.94. The van der Waals surface area contributed by atoms with Crippen LogP contribution in [0.3, 0.4) is 0 Å². The molecular formula is C12H22O11. The zero-order valence-electron chi connectivity index (χ0n) is 12.0. The third-order valence-corrected chi connectivity index (χ3v) is 3.98. The van der Waals surface area contributed by atoms with Gasteiger partial charge < -0.3 is 55.1 Å². The van der Waals surface area contributed by atoms with E-state index in [1.807, 2.05) is 0 Å².